The molecular formula is C19H31O3P. The highest BCUT2D eigenvalue weighted by molar-refractivity contribution is 7.30. The van der Waals surface area contributed by atoms with E-state index in [1.54, 1.807) is 0 Å². The first kappa shape index (κ1) is 20.3. The lowest BCUT2D eigenvalue weighted by atomic mass is 10.0. The second kappa shape index (κ2) is 13.7. The van der Waals surface area contributed by atoms with Crippen LogP contribution in [0.3, 0.4) is 0 Å². The molecule has 1 aromatic carbocycles. The van der Waals surface area contributed by atoms with Gasteiger partial charge in [0, 0.05) is 0 Å². The lowest BCUT2D eigenvalue weighted by Crippen LogP contribution is -2.03. The Morgan fingerprint density at radius 3 is 1.96 bits per heavy atom. The summed E-state index contributed by atoms with van der Waals surface area (Å²) >= 11 is 0. The molecule has 0 fully saturated rings. The standard InChI is InChI=1S/C19H31O3P/c1-2-3-4-5-6-7-8-9-10-14-17-19(22-23(20)21)18-15-12-11-13-16-18/h11-13,15-16,19H,2-10,14,17H2,1H3. The number of unbranched alkanes of at least 4 members (excludes halogenated alkanes) is 9. The van der Waals surface area contributed by atoms with E-state index in [-0.39, 0.29) is 6.10 Å². The predicted octanol–water partition coefficient (Wildman–Crippen LogP) is 6.07. The van der Waals surface area contributed by atoms with Crippen molar-refractivity contribution in [2.75, 3.05) is 0 Å². The summed E-state index contributed by atoms with van der Waals surface area (Å²) < 4.78 is 16.0. The number of hydrogen-bond acceptors (Lipinski definition) is 3. The second-order valence-electron chi connectivity index (χ2n) is 6.20. The first-order chi connectivity index (χ1) is 11.2. The maximum atomic E-state index is 10.9. The molecule has 2 atom stereocenters. The quantitative estimate of drug-likeness (QED) is 0.305. The summed E-state index contributed by atoms with van der Waals surface area (Å²) in [5, 5.41) is 0. The largest absolute Gasteiger partial charge is 0.566 e. The smallest absolute Gasteiger partial charge is 0.489 e. The number of rotatable bonds is 14. The molecular weight excluding hydrogens is 307 g/mol. The van der Waals surface area contributed by atoms with E-state index in [9.17, 15) is 9.46 Å². The van der Waals surface area contributed by atoms with E-state index in [0.717, 1.165) is 24.8 Å². The molecule has 0 radical (unpaired) electrons. The van der Waals surface area contributed by atoms with Crippen molar-refractivity contribution >= 4 is 8.25 Å². The molecule has 0 N–H and O–H groups in total. The highest BCUT2D eigenvalue weighted by Crippen LogP contribution is 2.31. The zero-order valence-corrected chi connectivity index (χ0v) is 15.3. The maximum absolute atomic E-state index is 10.9. The Labute approximate surface area is 142 Å². The highest BCUT2D eigenvalue weighted by atomic mass is 31.1. The van der Waals surface area contributed by atoms with E-state index >= 15 is 0 Å². The number of hydrogen-bond donors (Lipinski definition) is 0. The lowest BCUT2D eigenvalue weighted by molar-refractivity contribution is -0.189. The summed E-state index contributed by atoms with van der Waals surface area (Å²) in [6.45, 7) is 2.25. The zero-order valence-electron chi connectivity index (χ0n) is 14.4. The van der Waals surface area contributed by atoms with Gasteiger partial charge in [0.15, 0.2) is 0 Å². The Bertz CT molecular complexity index is 408. The van der Waals surface area contributed by atoms with Gasteiger partial charge < -0.3 is 4.89 Å². The third-order valence-corrected chi connectivity index (χ3v) is 4.63. The Morgan fingerprint density at radius 2 is 1.43 bits per heavy atom. The van der Waals surface area contributed by atoms with Crippen molar-refractivity contribution in [3.63, 3.8) is 0 Å². The van der Waals surface area contributed by atoms with Gasteiger partial charge in [0.05, 0.1) is 0 Å². The fourth-order valence-corrected chi connectivity index (χ4v) is 3.30. The van der Waals surface area contributed by atoms with Crippen molar-refractivity contribution in [2.45, 2.75) is 83.7 Å². The molecule has 0 aliphatic carbocycles. The van der Waals surface area contributed by atoms with E-state index in [1.807, 2.05) is 30.3 Å². The molecule has 1 aromatic rings. The van der Waals surface area contributed by atoms with Crippen LogP contribution in [0.5, 0.6) is 0 Å². The van der Waals surface area contributed by atoms with Crippen LogP contribution in [0.15, 0.2) is 30.3 Å². The Kier molecular flexibility index (Phi) is 12.0. The first-order valence-electron chi connectivity index (χ1n) is 9.10. The van der Waals surface area contributed by atoms with Gasteiger partial charge in [-0.05, 0) is 16.5 Å². The molecule has 3 nitrogen and oxygen atoms in total. The van der Waals surface area contributed by atoms with Crippen LogP contribution in [0.1, 0.15) is 89.2 Å². The SMILES string of the molecule is CCCCCCCCCCCCC(O[P+](=O)[O-])c1ccccc1. The third-order valence-electron chi connectivity index (χ3n) is 4.20. The van der Waals surface area contributed by atoms with Gasteiger partial charge in [-0.2, -0.15) is 0 Å². The van der Waals surface area contributed by atoms with E-state index in [4.69, 9.17) is 4.52 Å². The van der Waals surface area contributed by atoms with Gasteiger partial charge in [-0.15, -0.1) is 4.52 Å². The first-order valence-corrected chi connectivity index (χ1v) is 10.2. The second-order valence-corrected chi connectivity index (χ2v) is 6.86. The molecule has 0 aliphatic heterocycles. The van der Waals surface area contributed by atoms with Gasteiger partial charge in [-0.25, -0.2) is 0 Å². The van der Waals surface area contributed by atoms with Crippen LogP contribution in [0.4, 0.5) is 0 Å². The monoisotopic (exact) mass is 338 g/mol. The van der Waals surface area contributed by atoms with Crippen LogP contribution in [0, 0.1) is 0 Å². The summed E-state index contributed by atoms with van der Waals surface area (Å²) in [7, 11) is -2.80. The van der Waals surface area contributed by atoms with Crippen LogP contribution >= 0.6 is 8.25 Å². The Morgan fingerprint density at radius 1 is 0.913 bits per heavy atom. The van der Waals surface area contributed by atoms with E-state index in [0.29, 0.717) is 0 Å². The fourth-order valence-electron chi connectivity index (χ4n) is 2.87. The summed E-state index contributed by atoms with van der Waals surface area (Å²) in [6, 6.07) is 9.63. The highest BCUT2D eigenvalue weighted by Gasteiger charge is 2.18. The third kappa shape index (κ3) is 10.6. The van der Waals surface area contributed by atoms with Crippen LogP contribution in [0.2, 0.25) is 0 Å². The molecule has 0 saturated carbocycles. The lowest BCUT2D eigenvalue weighted by Gasteiger charge is -2.12. The minimum atomic E-state index is -2.80. The average molecular weight is 338 g/mol. The van der Waals surface area contributed by atoms with E-state index < -0.39 is 8.25 Å². The van der Waals surface area contributed by atoms with Crippen LogP contribution < -0.4 is 4.89 Å². The Hall–Kier alpha value is -0.760. The van der Waals surface area contributed by atoms with E-state index in [2.05, 4.69) is 6.92 Å². The van der Waals surface area contributed by atoms with Gasteiger partial charge in [0.1, 0.15) is 6.10 Å². The minimum Gasteiger partial charge on any atom is -0.566 e. The molecule has 4 heteroatoms. The summed E-state index contributed by atoms with van der Waals surface area (Å²) in [5.74, 6) is 0. The predicted molar refractivity (Wildman–Crippen MR) is 94.3 cm³/mol. The molecule has 0 aliphatic rings. The van der Waals surface area contributed by atoms with Gasteiger partial charge in [0.2, 0.25) is 0 Å². The van der Waals surface area contributed by atoms with Crippen LogP contribution in [0.25, 0.3) is 0 Å². The summed E-state index contributed by atoms with van der Waals surface area (Å²) in [6.07, 6.45) is 13.2. The molecule has 23 heavy (non-hydrogen) atoms. The molecule has 0 heterocycles. The van der Waals surface area contributed by atoms with Gasteiger partial charge in [-0.1, -0.05) is 101 Å². The maximum Gasteiger partial charge on any atom is 0.489 e. The molecule has 0 aromatic heterocycles. The molecule has 0 bridgehead atoms. The van der Waals surface area contributed by atoms with Gasteiger partial charge in [-0.3, -0.25) is 0 Å². The van der Waals surface area contributed by atoms with Gasteiger partial charge >= 0.3 is 8.25 Å². The Balaban J connectivity index is 2.12. The topological polar surface area (TPSA) is 49.4 Å². The van der Waals surface area contributed by atoms with Crippen molar-refractivity contribution in [3.05, 3.63) is 35.9 Å². The average Bonchev–Trinajstić information content (AvgIpc) is 2.56. The van der Waals surface area contributed by atoms with Crippen molar-refractivity contribution in [3.8, 4) is 0 Å². The van der Waals surface area contributed by atoms with Crippen molar-refractivity contribution in [1.29, 1.82) is 0 Å². The molecule has 0 spiro atoms. The molecule has 0 amide bonds. The van der Waals surface area contributed by atoms with Crippen molar-refractivity contribution in [1.82, 2.24) is 0 Å². The van der Waals surface area contributed by atoms with Crippen molar-refractivity contribution < 1.29 is 14.0 Å². The van der Waals surface area contributed by atoms with Crippen LogP contribution in [-0.2, 0) is 9.09 Å². The summed E-state index contributed by atoms with van der Waals surface area (Å²) in [4.78, 5) is 10.9. The molecule has 0 saturated heterocycles. The fraction of sp³-hybridized carbons (Fsp3) is 0.684. The normalized spacial score (nSPS) is 13.0. The van der Waals surface area contributed by atoms with Crippen LogP contribution in [-0.4, -0.2) is 0 Å². The number of benzene rings is 1. The molecule has 130 valence electrons. The molecule has 1 rings (SSSR count). The van der Waals surface area contributed by atoms with Gasteiger partial charge in [0.25, 0.3) is 0 Å². The summed E-state index contributed by atoms with van der Waals surface area (Å²) in [5.41, 5.74) is 0.947. The molecule has 2 unspecified atom stereocenters. The minimum absolute atomic E-state index is 0.327. The van der Waals surface area contributed by atoms with Crippen molar-refractivity contribution in [2.24, 2.45) is 0 Å². The zero-order chi connectivity index (χ0) is 16.8. The van der Waals surface area contributed by atoms with E-state index in [1.165, 1.54) is 51.4 Å².